The third-order valence-corrected chi connectivity index (χ3v) is 3.91. The van der Waals surface area contributed by atoms with Gasteiger partial charge in [-0.3, -0.25) is 0 Å². The molecule has 98 valence electrons. The third kappa shape index (κ3) is 8.07. The molecule has 16 heavy (non-hydrogen) atoms. The Morgan fingerprint density at radius 3 is 2.12 bits per heavy atom. The van der Waals surface area contributed by atoms with Crippen LogP contribution in [0.15, 0.2) is 0 Å². The smallest absolute Gasteiger partial charge is 0.147 e. The molecule has 0 aromatic heterocycles. The van der Waals surface area contributed by atoms with Crippen LogP contribution >= 0.6 is 0 Å². The number of nitrogens with zero attached hydrogens (tertiary/aromatic N) is 1. The Bertz CT molecular complexity index is 261. The fourth-order valence-electron chi connectivity index (χ4n) is 1.67. The summed E-state index contributed by atoms with van der Waals surface area (Å²) in [6.45, 7) is 7.43. The van der Waals surface area contributed by atoms with Gasteiger partial charge in [-0.25, -0.2) is 8.42 Å². The van der Waals surface area contributed by atoms with E-state index in [0.717, 1.165) is 26.1 Å². The molecule has 1 unspecified atom stereocenters. The lowest BCUT2D eigenvalue weighted by Crippen LogP contribution is -2.33. The van der Waals surface area contributed by atoms with Gasteiger partial charge in [0, 0.05) is 12.3 Å². The van der Waals surface area contributed by atoms with E-state index in [-0.39, 0.29) is 5.75 Å². The van der Waals surface area contributed by atoms with Crippen molar-refractivity contribution >= 4 is 9.84 Å². The van der Waals surface area contributed by atoms with Gasteiger partial charge in [0.2, 0.25) is 0 Å². The van der Waals surface area contributed by atoms with Crippen LogP contribution in [-0.2, 0) is 9.84 Å². The molecular weight excluding hydrogens is 224 g/mol. The van der Waals surface area contributed by atoms with Gasteiger partial charge in [-0.05, 0) is 39.5 Å². The predicted octanol–water partition coefficient (Wildman–Crippen LogP) is 0.741. The van der Waals surface area contributed by atoms with E-state index in [4.69, 9.17) is 0 Å². The maximum Gasteiger partial charge on any atom is 0.147 e. The van der Waals surface area contributed by atoms with Crippen molar-refractivity contribution in [2.75, 3.05) is 38.7 Å². The first-order valence-corrected chi connectivity index (χ1v) is 8.06. The van der Waals surface area contributed by atoms with Crippen molar-refractivity contribution in [1.29, 1.82) is 0 Å². The first-order chi connectivity index (χ1) is 7.42. The molecule has 0 aliphatic rings. The number of hydrogen-bond acceptors (Lipinski definition) is 4. The quantitative estimate of drug-likeness (QED) is 0.656. The Hall–Kier alpha value is -0.130. The van der Waals surface area contributed by atoms with Gasteiger partial charge in [0.25, 0.3) is 0 Å². The highest BCUT2D eigenvalue weighted by molar-refractivity contribution is 7.90. The van der Waals surface area contributed by atoms with Crippen molar-refractivity contribution in [3.05, 3.63) is 0 Å². The molecule has 0 radical (unpaired) electrons. The van der Waals surface area contributed by atoms with Gasteiger partial charge < -0.3 is 10.2 Å². The monoisotopic (exact) mass is 250 g/mol. The molecule has 0 amide bonds. The first kappa shape index (κ1) is 15.9. The van der Waals surface area contributed by atoms with Crippen LogP contribution in [0.3, 0.4) is 0 Å². The summed E-state index contributed by atoms with van der Waals surface area (Å²) < 4.78 is 22.1. The van der Waals surface area contributed by atoms with E-state index in [1.165, 1.54) is 6.26 Å². The summed E-state index contributed by atoms with van der Waals surface area (Å²) in [5.74, 6) is 0.275. The fourth-order valence-corrected chi connectivity index (χ4v) is 2.38. The first-order valence-electron chi connectivity index (χ1n) is 6.00. The second kappa shape index (κ2) is 8.03. The molecule has 5 heteroatoms. The largest absolute Gasteiger partial charge is 0.317 e. The molecule has 0 aromatic rings. The van der Waals surface area contributed by atoms with Gasteiger partial charge in [0.1, 0.15) is 9.84 Å². The molecule has 0 rings (SSSR count). The number of sulfone groups is 1. The Morgan fingerprint density at radius 2 is 1.75 bits per heavy atom. The Kier molecular flexibility index (Phi) is 7.97. The summed E-state index contributed by atoms with van der Waals surface area (Å²) in [5, 5.41) is 3.19. The second-order valence-corrected chi connectivity index (χ2v) is 6.48. The third-order valence-electron chi connectivity index (χ3n) is 2.93. The number of nitrogens with one attached hydrogen (secondary N) is 1. The summed E-state index contributed by atoms with van der Waals surface area (Å²) >= 11 is 0. The van der Waals surface area contributed by atoms with Gasteiger partial charge in [0.05, 0.1) is 5.75 Å². The van der Waals surface area contributed by atoms with Crippen molar-refractivity contribution < 1.29 is 8.42 Å². The van der Waals surface area contributed by atoms with Crippen LogP contribution in [0.1, 0.15) is 26.7 Å². The minimum absolute atomic E-state index is 0.275. The van der Waals surface area contributed by atoms with Crippen molar-refractivity contribution in [1.82, 2.24) is 10.2 Å². The Morgan fingerprint density at radius 1 is 1.19 bits per heavy atom. The van der Waals surface area contributed by atoms with Crippen LogP contribution in [-0.4, -0.2) is 58.1 Å². The fraction of sp³-hybridized carbons (Fsp3) is 1.00. The van der Waals surface area contributed by atoms with E-state index in [2.05, 4.69) is 24.1 Å². The van der Waals surface area contributed by atoms with Gasteiger partial charge >= 0.3 is 0 Å². The lowest BCUT2D eigenvalue weighted by atomic mass is 10.1. The van der Waals surface area contributed by atoms with Crippen LogP contribution in [0.2, 0.25) is 0 Å². The van der Waals surface area contributed by atoms with Crippen LogP contribution < -0.4 is 5.32 Å². The predicted molar refractivity (Wildman–Crippen MR) is 69.6 cm³/mol. The Labute approximate surface area is 100 Å². The average molecular weight is 250 g/mol. The zero-order chi connectivity index (χ0) is 12.6. The molecule has 0 fully saturated rings. The molecule has 0 aliphatic heterocycles. The highest BCUT2D eigenvalue weighted by Gasteiger charge is 2.11. The van der Waals surface area contributed by atoms with Crippen LogP contribution in [0.5, 0.6) is 0 Å². The summed E-state index contributed by atoms with van der Waals surface area (Å²) in [7, 11) is -0.935. The van der Waals surface area contributed by atoms with Crippen molar-refractivity contribution in [2.24, 2.45) is 0 Å². The standard InChI is InChI=1S/C11H26N2O2S/c1-5-13(6-2)9-7-11(12-3)8-10-16(4,14)15/h11-12H,5-10H2,1-4H3. The maximum absolute atomic E-state index is 11.1. The van der Waals surface area contributed by atoms with Crippen molar-refractivity contribution in [2.45, 2.75) is 32.7 Å². The molecule has 0 saturated heterocycles. The molecule has 4 nitrogen and oxygen atoms in total. The van der Waals surface area contributed by atoms with Crippen molar-refractivity contribution in [3.63, 3.8) is 0 Å². The van der Waals surface area contributed by atoms with Crippen LogP contribution in [0.25, 0.3) is 0 Å². The molecule has 1 N–H and O–H groups in total. The summed E-state index contributed by atoms with van der Waals surface area (Å²) in [6, 6.07) is 0.301. The zero-order valence-corrected chi connectivity index (χ0v) is 11.8. The maximum atomic E-state index is 11.1. The summed E-state index contributed by atoms with van der Waals surface area (Å²) in [5.41, 5.74) is 0. The van der Waals surface area contributed by atoms with E-state index < -0.39 is 9.84 Å². The van der Waals surface area contributed by atoms with E-state index in [0.29, 0.717) is 12.5 Å². The molecule has 0 saturated carbocycles. The zero-order valence-electron chi connectivity index (χ0n) is 11.0. The summed E-state index contributed by atoms with van der Waals surface area (Å²) in [6.07, 6.45) is 3.01. The lowest BCUT2D eigenvalue weighted by molar-refractivity contribution is 0.282. The Balaban J connectivity index is 3.92. The minimum atomic E-state index is -2.83. The molecular formula is C11H26N2O2S. The minimum Gasteiger partial charge on any atom is -0.317 e. The average Bonchev–Trinajstić information content (AvgIpc) is 2.22. The van der Waals surface area contributed by atoms with Gasteiger partial charge in [-0.2, -0.15) is 0 Å². The van der Waals surface area contributed by atoms with E-state index in [1.807, 2.05) is 7.05 Å². The molecule has 0 bridgehead atoms. The van der Waals surface area contributed by atoms with Crippen molar-refractivity contribution in [3.8, 4) is 0 Å². The molecule has 1 atom stereocenters. The SMILES string of the molecule is CCN(CC)CCC(CCS(C)(=O)=O)NC. The second-order valence-electron chi connectivity index (χ2n) is 4.22. The summed E-state index contributed by atoms with van der Waals surface area (Å²) in [4.78, 5) is 2.35. The highest BCUT2D eigenvalue weighted by atomic mass is 32.2. The van der Waals surface area contributed by atoms with Gasteiger partial charge in [-0.15, -0.1) is 0 Å². The normalized spacial score (nSPS) is 14.3. The highest BCUT2D eigenvalue weighted by Crippen LogP contribution is 2.02. The molecule has 0 spiro atoms. The van der Waals surface area contributed by atoms with Gasteiger partial charge in [-0.1, -0.05) is 13.8 Å². The van der Waals surface area contributed by atoms with E-state index in [1.54, 1.807) is 0 Å². The number of rotatable bonds is 9. The van der Waals surface area contributed by atoms with Crippen LogP contribution in [0, 0.1) is 0 Å². The lowest BCUT2D eigenvalue weighted by Gasteiger charge is -2.22. The molecule has 0 aromatic carbocycles. The topological polar surface area (TPSA) is 49.4 Å². The van der Waals surface area contributed by atoms with E-state index >= 15 is 0 Å². The molecule has 0 aliphatic carbocycles. The van der Waals surface area contributed by atoms with E-state index in [9.17, 15) is 8.42 Å². The molecule has 0 heterocycles. The number of hydrogen-bond donors (Lipinski definition) is 1. The van der Waals surface area contributed by atoms with Crippen LogP contribution in [0.4, 0.5) is 0 Å². The van der Waals surface area contributed by atoms with Gasteiger partial charge in [0.15, 0.2) is 0 Å².